The van der Waals surface area contributed by atoms with Crippen molar-refractivity contribution < 1.29 is 18.8 Å². The zero-order chi connectivity index (χ0) is 21.6. The van der Waals surface area contributed by atoms with Gasteiger partial charge in [0.2, 0.25) is 11.7 Å². The number of anilines is 1. The molecule has 162 valence electrons. The van der Waals surface area contributed by atoms with Gasteiger partial charge in [-0.15, -0.1) is 0 Å². The van der Waals surface area contributed by atoms with E-state index >= 15 is 0 Å². The van der Waals surface area contributed by atoms with Gasteiger partial charge < -0.3 is 24.2 Å². The minimum atomic E-state index is -0.131. The van der Waals surface area contributed by atoms with Crippen LogP contribution < -0.4 is 14.8 Å². The number of urea groups is 1. The molecule has 1 aliphatic rings. The Labute approximate surface area is 181 Å². The topological polar surface area (TPSA) is 89.7 Å². The second-order valence-electron chi connectivity index (χ2n) is 7.31. The SMILES string of the molecule is CCOc1ccccc1NC(=O)N1CCC(c2nc(-c3cccc(OC)c3)no2)CC1. The zero-order valence-electron chi connectivity index (χ0n) is 17.7. The largest absolute Gasteiger partial charge is 0.497 e. The third-order valence-electron chi connectivity index (χ3n) is 5.33. The number of amides is 2. The summed E-state index contributed by atoms with van der Waals surface area (Å²) >= 11 is 0. The molecular weight excluding hydrogens is 396 g/mol. The summed E-state index contributed by atoms with van der Waals surface area (Å²) in [6.07, 6.45) is 1.53. The Kier molecular flexibility index (Phi) is 6.35. The normalized spacial score (nSPS) is 14.3. The Bertz CT molecular complexity index is 1030. The van der Waals surface area contributed by atoms with Crippen LogP contribution >= 0.6 is 0 Å². The van der Waals surface area contributed by atoms with Crippen LogP contribution in [-0.2, 0) is 0 Å². The van der Waals surface area contributed by atoms with Crippen LogP contribution in [-0.4, -0.2) is 47.9 Å². The van der Waals surface area contributed by atoms with Crippen LogP contribution in [0.25, 0.3) is 11.4 Å². The van der Waals surface area contributed by atoms with Crippen LogP contribution in [0, 0.1) is 0 Å². The lowest BCUT2D eigenvalue weighted by Gasteiger charge is -2.30. The maximum atomic E-state index is 12.7. The van der Waals surface area contributed by atoms with Crippen molar-refractivity contribution in [2.24, 2.45) is 0 Å². The Hall–Kier alpha value is -3.55. The number of nitrogens with one attached hydrogen (secondary N) is 1. The smallest absolute Gasteiger partial charge is 0.321 e. The summed E-state index contributed by atoms with van der Waals surface area (Å²) in [5.74, 6) is 2.70. The van der Waals surface area contributed by atoms with Gasteiger partial charge in [0.25, 0.3) is 0 Å². The van der Waals surface area contributed by atoms with E-state index in [2.05, 4.69) is 15.5 Å². The summed E-state index contributed by atoms with van der Waals surface area (Å²) < 4.78 is 16.4. The number of aromatic nitrogens is 2. The highest BCUT2D eigenvalue weighted by Gasteiger charge is 2.28. The molecule has 1 aromatic heterocycles. The number of carbonyl (C=O) groups excluding carboxylic acids is 1. The molecule has 1 saturated heterocycles. The quantitative estimate of drug-likeness (QED) is 0.627. The van der Waals surface area contributed by atoms with Gasteiger partial charge in [0, 0.05) is 24.6 Å². The number of methoxy groups -OCH3 is 1. The van der Waals surface area contributed by atoms with E-state index < -0.39 is 0 Å². The number of carbonyl (C=O) groups is 1. The van der Waals surface area contributed by atoms with Crippen LogP contribution in [0.2, 0.25) is 0 Å². The van der Waals surface area contributed by atoms with Crippen molar-refractivity contribution in [2.75, 3.05) is 32.1 Å². The first-order chi connectivity index (χ1) is 15.2. The Morgan fingerprint density at radius 2 is 2.00 bits per heavy atom. The third kappa shape index (κ3) is 4.79. The number of hydrogen-bond donors (Lipinski definition) is 1. The Balaban J connectivity index is 1.36. The molecule has 0 saturated carbocycles. The highest BCUT2D eigenvalue weighted by atomic mass is 16.5. The molecule has 0 spiro atoms. The predicted octanol–water partition coefficient (Wildman–Crippen LogP) is 4.56. The Morgan fingerprint density at radius 1 is 1.19 bits per heavy atom. The fraction of sp³-hybridized carbons (Fsp3) is 0.348. The van der Waals surface area contributed by atoms with Gasteiger partial charge in [-0.2, -0.15) is 4.98 Å². The first-order valence-corrected chi connectivity index (χ1v) is 10.4. The van der Waals surface area contributed by atoms with Gasteiger partial charge in [0.05, 0.1) is 19.4 Å². The highest BCUT2D eigenvalue weighted by molar-refractivity contribution is 5.91. The van der Waals surface area contributed by atoms with Crippen molar-refractivity contribution in [1.82, 2.24) is 15.0 Å². The number of para-hydroxylation sites is 2. The van der Waals surface area contributed by atoms with Crippen molar-refractivity contribution in [3.63, 3.8) is 0 Å². The summed E-state index contributed by atoms with van der Waals surface area (Å²) in [6, 6.07) is 14.9. The summed E-state index contributed by atoms with van der Waals surface area (Å²) in [4.78, 5) is 19.1. The molecule has 1 fully saturated rings. The number of likely N-dealkylation sites (tertiary alicyclic amines) is 1. The predicted molar refractivity (Wildman–Crippen MR) is 116 cm³/mol. The average molecular weight is 422 g/mol. The van der Waals surface area contributed by atoms with Gasteiger partial charge in [-0.3, -0.25) is 0 Å². The van der Waals surface area contributed by atoms with Crippen LogP contribution in [0.3, 0.4) is 0 Å². The van der Waals surface area contributed by atoms with Crippen molar-refractivity contribution >= 4 is 11.7 Å². The Morgan fingerprint density at radius 3 is 2.77 bits per heavy atom. The lowest BCUT2D eigenvalue weighted by atomic mass is 9.97. The van der Waals surface area contributed by atoms with Crippen molar-refractivity contribution in [2.45, 2.75) is 25.7 Å². The van der Waals surface area contributed by atoms with E-state index in [0.29, 0.717) is 42.8 Å². The number of nitrogens with zero attached hydrogens (tertiary/aromatic N) is 3. The van der Waals surface area contributed by atoms with Crippen LogP contribution in [0.15, 0.2) is 53.1 Å². The number of benzene rings is 2. The van der Waals surface area contributed by atoms with Crippen molar-refractivity contribution in [1.29, 1.82) is 0 Å². The molecule has 0 unspecified atom stereocenters. The maximum Gasteiger partial charge on any atom is 0.321 e. The van der Waals surface area contributed by atoms with E-state index in [1.54, 1.807) is 12.0 Å². The zero-order valence-corrected chi connectivity index (χ0v) is 17.7. The number of rotatable bonds is 6. The lowest BCUT2D eigenvalue weighted by Crippen LogP contribution is -2.40. The number of ether oxygens (including phenoxy) is 2. The molecule has 8 nitrogen and oxygen atoms in total. The molecule has 2 amide bonds. The molecule has 0 radical (unpaired) electrons. The number of piperidine rings is 1. The fourth-order valence-electron chi connectivity index (χ4n) is 3.66. The first-order valence-electron chi connectivity index (χ1n) is 10.4. The van der Waals surface area contributed by atoms with E-state index in [9.17, 15) is 4.79 Å². The average Bonchev–Trinajstić information content (AvgIpc) is 3.31. The van der Waals surface area contributed by atoms with Crippen LogP contribution in [0.4, 0.5) is 10.5 Å². The third-order valence-corrected chi connectivity index (χ3v) is 5.33. The van der Waals surface area contributed by atoms with Crippen LogP contribution in [0.5, 0.6) is 11.5 Å². The van der Waals surface area contributed by atoms with Gasteiger partial charge in [-0.05, 0) is 44.0 Å². The molecule has 0 bridgehead atoms. The summed E-state index contributed by atoms with van der Waals surface area (Å²) in [7, 11) is 1.63. The maximum absolute atomic E-state index is 12.7. The van der Waals surface area contributed by atoms with Crippen molar-refractivity contribution in [3.05, 3.63) is 54.4 Å². The molecule has 0 atom stereocenters. The molecule has 4 rings (SSSR count). The van der Waals surface area contributed by atoms with Gasteiger partial charge in [-0.1, -0.05) is 29.4 Å². The molecule has 2 aromatic carbocycles. The molecule has 2 heterocycles. The van der Waals surface area contributed by atoms with E-state index in [1.165, 1.54) is 0 Å². The molecule has 0 aliphatic carbocycles. The van der Waals surface area contributed by atoms with Gasteiger partial charge >= 0.3 is 6.03 Å². The van der Waals surface area contributed by atoms with E-state index in [1.807, 2.05) is 55.5 Å². The van der Waals surface area contributed by atoms with Gasteiger partial charge in [-0.25, -0.2) is 4.79 Å². The molecule has 3 aromatic rings. The second kappa shape index (κ2) is 9.51. The minimum Gasteiger partial charge on any atom is -0.497 e. The lowest BCUT2D eigenvalue weighted by molar-refractivity contribution is 0.187. The first kappa shape index (κ1) is 20.7. The van der Waals surface area contributed by atoms with Crippen molar-refractivity contribution in [3.8, 4) is 22.9 Å². The second-order valence-corrected chi connectivity index (χ2v) is 7.31. The van der Waals surface area contributed by atoms with E-state index in [0.717, 1.165) is 24.2 Å². The standard InChI is InChI=1S/C23H26N4O4/c1-3-30-20-10-5-4-9-19(20)24-23(28)27-13-11-16(12-14-27)22-25-21(26-31-22)17-7-6-8-18(15-17)29-2/h4-10,15-16H,3,11-14H2,1-2H3,(H,24,28). The number of hydrogen-bond acceptors (Lipinski definition) is 6. The van der Waals surface area contributed by atoms with Gasteiger partial charge in [0.1, 0.15) is 11.5 Å². The van der Waals surface area contributed by atoms with Gasteiger partial charge in [0.15, 0.2) is 0 Å². The highest BCUT2D eigenvalue weighted by Crippen LogP contribution is 2.30. The monoisotopic (exact) mass is 422 g/mol. The van der Waals surface area contributed by atoms with E-state index in [4.69, 9.17) is 14.0 Å². The van der Waals surface area contributed by atoms with Crippen LogP contribution in [0.1, 0.15) is 31.6 Å². The molecule has 1 aliphatic heterocycles. The summed E-state index contributed by atoms with van der Waals surface area (Å²) in [5, 5.41) is 7.08. The summed E-state index contributed by atoms with van der Waals surface area (Å²) in [5.41, 5.74) is 1.52. The van der Waals surface area contributed by atoms with E-state index in [-0.39, 0.29) is 11.9 Å². The molecule has 31 heavy (non-hydrogen) atoms. The molecule has 1 N–H and O–H groups in total. The molecular formula is C23H26N4O4. The summed E-state index contributed by atoms with van der Waals surface area (Å²) in [6.45, 7) is 3.69. The fourth-order valence-corrected chi connectivity index (χ4v) is 3.66. The minimum absolute atomic E-state index is 0.131. The molecule has 8 heteroatoms.